The fraction of sp³-hybridized carbons (Fsp3) is 0.263. The first-order valence-corrected chi connectivity index (χ1v) is 14.5. The molecular formula is C38H40N2O+2. The molecule has 1 atom stereocenters. The second kappa shape index (κ2) is 9.99. The lowest BCUT2D eigenvalue weighted by Gasteiger charge is -2.30. The summed E-state index contributed by atoms with van der Waals surface area (Å²) in [6.45, 7) is 11.5. The van der Waals surface area contributed by atoms with E-state index in [1.54, 1.807) is 0 Å². The fourth-order valence-electron chi connectivity index (χ4n) is 7.18. The Bertz CT molecular complexity index is 1910. The summed E-state index contributed by atoms with van der Waals surface area (Å²) in [4.78, 5) is 0. The molecule has 0 aliphatic heterocycles. The number of hydrogen-bond donors (Lipinski definition) is 0. The zero-order valence-electron chi connectivity index (χ0n) is 25.3. The molecule has 0 saturated heterocycles. The molecule has 0 fully saturated rings. The van der Waals surface area contributed by atoms with E-state index in [0.717, 1.165) is 23.0 Å². The zero-order valence-corrected chi connectivity index (χ0v) is 25.3. The van der Waals surface area contributed by atoms with Crippen molar-refractivity contribution in [2.45, 2.75) is 51.9 Å². The van der Waals surface area contributed by atoms with Gasteiger partial charge in [0, 0.05) is 40.6 Å². The van der Waals surface area contributed by atoms with Gasteiger partial charge < -0.3 is 4.42 Å². The van der Waals surface area contributed by atoms with Crippen LogP contribution in [-0.4, -0.2) is 0 Å². The van der Waals surface area contributed by atoms with Gasteiger partial charge in [0.05, 0.1) is 17.3 Å². The van der Waals surface area contributed by atoms with Gasteiger partial charge in [-0.3, -0.25) is 0 Å². The third-order valence-electron chi connectivity index (χ3n) is 9.26. The Balaban J connectivity index is 1.59. The molecule has 0 N–H and O–H groups in total. The number of nitrogens with zero attached hydrogens (tertiary/aromatic N) is 2. The topological polar surface area (TPSA) is 20.9 Å². The SMILES string of the molecule is Cc1ccccc1C(C)(C)c1cccc(CC(C)(c2c(C)ccc3c2oc2ccccc23)c2cccc[n+]2C)[n+]1C. The van der Waals surface area contributed by atoms with E-state index in [-0.39, 0.29) is 10.8 Å². The molecule has 0 saturated carbocycles. The summed E-state index contributed by atoms with van der Waals surface area (Å²) >= 11 is 0. The maximum Gasteiger partial charge on any atom is 0.192 e. The minimum absolute atomic E-state index is 0.154. The highest BCUT2D eigenvalue weighted by atomic mass is 16.3. The van der Waals surface area contributed by atoms with Crippen molar-refractivity contribution in [1.29, 1.82) is 0 Å². The van der Waals surface area contributed by atoms with Crippen LogP contribution >= 0.6 is 0 Å². The summed E-state index contributed by atoms with van der Waals surface area (Å²) in [6.07, 6.45) is 2.97. The van der Waals surface area contributed by atoms with Crippen LogP contribution in [0, 0.1) is 13.8 Å². The highest BCUT2D eigenvalue weighted by Gasteiger charge is 2.43. The predicted molar refractivity (Wildman–Crippen MR) is 167 cm³/mol. The molecule has 3 nitrogen and oxygen atoms in total. The molecule has 0 amide bonds. The second-order valence-electron chi connectivity index (χ2n) is 12.3. The van der Waals surface area contributed by atoms with Crippen LogP contribution in [0.2, 0.25) is 0 Å². The van der Waals surface area contributed by atoms with Gasteiger partial charge in [-0.15, -0.1) is 0 Å². The van der Waals surface area contributed by atoms with Gasteiger partial charge in [0.2, 0.25) is 0 Å². The third-order valence-corrected chi connectivity index (χ3v) is 9.26. The molecule has 3 heteroatoms. The Labute approximate surface area is 243 Å². The molecule has 41 heavy (non-hydrogen) atoms. The summed E-state index contributed by atoms with van der Waals surface area (Å²) in [5.41, 5.74) is 10.4. The van der Waals surface area contributed by atoms with Crippen LogP contribution in [-0.2, 0) is 31.3 Å². The predicted octanol–water partition coefficient (Wildman–Crippen LogP) is 7.73. The molecule has 3 aromatic heterocycles. The van der Waals surface area contributed by atoms with E-state index < -0.39 is 0 Å². The Morgan fingerprint density at radius 2 is 1.37 bits per heavy atom. The Hall–Kier alpha value is -4.24. The average molecular weight is 541 g/mol. The molecule has 1 unspecified atom stereocenters. The summed E-state index contributed by atoms with van der Waals surface area (Å²) in [5.74, 6) is 0. The molecule has 3 heterocycles. The van der Waals surface area contributed by atoms with Crippen molar-refractivity contribution >= 4 is 21.9 Å². The number of para-hydroxylation sites is 1. The largest absolute Gasteiger partial charge is 0.456 e. The van der Waals surface area contributed by atoms with Gasteiger partial charge in [-0.1, -0.05) is 60.7 Å². The first-order valence-electron chi connectivity index (χ1n) is 14.5. The highest BCUT2D eigenvalue weighted by molar-refractivity contribution is 6.06. The van der Waals surface area contributed by atoms with Gasteiger partial charge in [0.25, 0.3) is 0 Å². The Kier molecular flexibility index (Phi) is 6.57. The van der Waals surface area contributed by atoms with Crippen LogP contribution in [0.15, 0.2) is 108 Å². The number of aryl methyl sites for hydroxylation is 3. The molecule has 0 aliphatic rings. The molecule has 0 spiro atoms. The standard InChI is InChI=1S/C38H40N2O/c1-26-15-8-10-18-31(26)37(3,4)33-21-14-16-28(40(33)7)25-38(5,34-20-12-13-24-39(34)6)35-27(2)22-23-30-29-17-9-11-19-32(29)41-36(30)35/h8-24H,25H2,1-7H3/q+2. The number of fused-ring (bicyclic) bond motifs is 3. The summed E-state index contributed by atoms with van der Waals surface area (Å²) in [6, 6.07) is 34.9. The lowest BCUT2D eigenvalue weighted by atomic mass is 9.72. The molecule has 6 aromatic rings. The van der Waals surface area contributed by atoms with Gasteiger partial charge in [-0.25, -0.2) is 9.13 Å². The number of rotatable bonds is 6. The van der Waals surface area contributed by atoms with E-state index in [1.807, 2.05) is 0 Å². The third kappa shape index (κ3) is 4.35. The summed E-state index contributed by atoms with van der Waals surface area (Å²) in [5, 5.41) is 2.33. The van der Waals surface area contributed by atoms with E-state index in [1.165, 1.54) is 44.7 Å². The number of hydrogen-bond acceptors (Lipinski definition) is 1. The number of furan rings is 1. The van der Waals surface area contributed by atoms with Crippen molar-refractivity contribution < 1.29 is 13.6 Å². The highest BCUT2D eigenvalue weighted by Crippen LogP contribution is 2.43. The van der Waals surface area contributed by atoms with Crippen molar-refractivity contribution in [2.24, 2.45) is 14.1 Å². The lowest BCUT2D eigenvalue weighted by molar-refractivity contribution is -0.692. The van der Waals surface area contributed by atoms with Crippen molar-refractivity contribution in [3.63, 3.8) is 0 Å². The quantitative estimate of drug-likeness (QED) is 0.198. The van der Waals surface area contributed by atoms with Gasteiger partial charge in [0.15, 0.2) is 23.3 Å². The Morgan fingerprint density at radius 3 is 2.15 bits per heavy atom. The van der Waals surface area contributed by atoms with E-state index in [9.17, 15) is 0 Å². The monoisotopic (exact) mass is 540 g/mol. The molecule has 0 bridgehead atoms. The average Bonchev–Trinajstić information content (AvgIpc) is 3.32. The van der Waals surface area contributed by atoms with E-state index in [2.05, 4.69) is 161 Å². The normalized spacial score (nSPS) is 13.5. The maximum absolute atomic E-state index is 6.67. The smallest absolute Gasteiger partial charge is 0.192 e. The lowest BCUT2D eigenvalue weighted by Crippen LogP contribution is -2.49. The molecule has 0 aliphatic carbocycles. The minimum Gasteiger partial charge on any atom is -0.456 e. The van der Waals surface area contributed by atoms with E-state index >= 15 is 0 Å². The first-order chi connectivity index (χ1) is 19.6. The van der Waals surface area contributed by atoms with Crippen molar-refractivity contribution in [2.75, 3.05) is 0 Å². The van der Waals surface area contributed by atoms with Crippen molar-refractivity contribution in [3.05, 3.63) is 143 Å². The van der Waals surface area contributed by atoms with Crippen molar-refractivity contribution in [1.82, 2.24) is 0 Å². The van der Waals surface area contributed by atoms with Gasteiger partial charge >= 0.3 is 0 Å². The zero-order chi connectivity index (χ0) is 28.9. The second-order valence-corrected chi connectivity index (χ2v) is 12.3. The van der Waals surface area contributed by atoms with Crippen LogP contribution in [0.5, 0.6) is 0 Å². The number of pyridine rings is 2. The van der Waals surface area contributed by atoms with E-state index in [4.69, 9.17) is 4.42 Å². The van der Waals surface area contributed by atoms with Gasteiger partial charge in [-0.05, 0) is 63.4 Å². The maximum atomic E-state index is 6.67. The van der Waals surface area contributed by atoms with E-state index in [0.29, 0.717) is 0 Å². The first kappa shape index (κ1) is 27.0. The van der Waals surface area contributed by atoms with Crippen molar-refractivity contribution in [3.8, 4) is 0 Å². The minimum atomic E-state index is -0.364. The van der Waals surface area contributed by atoms with Crippen LogP contribution in [0.4, 0.5) is 0 Å². The molecular weight excluding hydrogens is 500 g/mol. The number of aromatic nitrogens is 2. The van der Waals surface area contributed by atoms with Crippen LogP contribution in [0.25, 0.3) is 21.9 Å². The number of benzene rings is 3. The van der Waals surface area contributed by atoms with Gasteiger partial charge in [0.1, 0.15) is 25.3 Å². The van der Waals surface area contributed by atoms with Crippen LogP contribution in [0.1, 0.15) is 60.1 Å². The fourth-order valence-corrected chi connectivity index (χ4v) is 7.18. The molecule has 206 valence electrons. The van der Waals surface area contributed by atoms with Crippen LogP contribution in [0.3, 0.4) is 0 Å². The summed E-state index contributed by atoms with van der Waals surface area (Å²) < 4.78 is 11.4. The molecule has 3 aromatic carbocycles. The van der Waals surface area contributed by atoms with Gasteiger partial charge in [-0.2, -0.15) is 0 Å². The molecule has 0 radical (unpaired) electrons. The molecule has 6 rings (SSSR count). The summed E-state index contributed by atoms with van der Waals surface area (Å²) in [7, 11) is 4.38. The van der Waals surface area contributed by atoms with Crippen LogP contribution < -0.4 is 9.13 Å². The Morgan fingerprint density at radius 1 is 0.659 bits per heavy atom.